The molecule has 2 aromatic rings. The van der Waals surface area contributed by atoms with Gasteiger partial charge in [0.15, 0.2) is 0 Å². The number of hydrogen-bond donors (Lipinski definition) is 1. The first-order valence-electron chi connectivity index (χ1n) is 9.31. The van der Waals surface area contributed by atoms with Crippen LogP contribution < -0.4 is 5.73 Å². The van der Waals surface area contributed by atoms with Gasteiger partial charge in [0.2, 0.25) is 5.91 Å². The smallest absolute Gasteiger partial charge is 0.256 e. The summed E-state index contributed by atoms with van der Waals surface area (Å²) in [6.07, 6.45) is 3.95. The van der Waals surface area contributed by atoms with Crippen LogP contribution in [0.4, 0.5) is 0 Å². The van der Waals surface area contributed by atoms with Gasteiger partial charge in [0.25, 0.3) is 5.91 Å². The van der Waals surface area contributed by atoms with Crippen molar-refractivity contribution >= 4 is 22.7 Å². The molecule has 0 bridgehead atoms. The number of carbonyl (C=O) groups is 2. The number of benzene rings is 1. The fourth-order valence-electron chi connectivity index (χ4n) is 4.41. The standard InChI is InChI=1S/C20H24N4O2/c21-9-12-24-17-8-11-23(13-15(17)6-7-18(24)25)20(26)16-5-1-3-14-4-2-10-22-19(14)16/h1-5,10,15,17H,6-9,11-13,21H2. The van der Waals surface area contributed by atoms with E-state index in [0.717, 1.165) is 23.7 Å². The predicted octanol–water partition coefficient (Wildman–Crippen LogP) is 1.65. The van der Waals surface area contributed by atoms with Crippen molar-refractivity contribution in [3.8, 4) is 0 Å². The fourth-order valence-corrected chi connectivity index (χ4v) is 4.41. The number of pyridine rings is 1. The van der Waals surface area contributed by atoms with Crippen molar-refractivity contribution in [1.82, 2.24) is 14.8 Å². The monoisotopic (exact) mass is 352 g/mol. The van der Waals surface area contributed by atoms with Crippen LogP contribution in [0.1, 0.15) is 29.6 Å². The van der Waals surface area contributed by atoms with Crippen molar-refractivity contribution in [1.29, 1.82) is 0 Å². The zero-order valence-electron chi connectivity index (χ0n) is 14.8. The van der Waals surface area contributed by atoms with Gasteiger partial charge in [0.1, 0.15) is 0 Å². The molecule has 1 aromatic heterocycles. The lowest BCUT2D eigenvalue weighted by atomic mass is 9.83. The number of aromatic nitrogens is 1. The van der Waals surface area contributed by atoms with E-state index in [2.05, 4.69) is 4.98 Å². The molecule has 2 fully saturated rings. The molecule has 2 N–H and O–H groups in total. The summed E-state index contributed by atoms with van der Waals surface area (Å²) in [6.45, 7) is 2.46. The van der Waals surface area contributed by atoms with E-state index in [1.165, 1.54) is 0 Å². The predicted molar refractivity (Wildman–Crippen MR) is 99.5 cm³/mol. The Morgan fingerprint density at radius 1 is 1.23 bits per heavy atom. The Balaban J connectivity index is 1.55. The van der Waals surface area contributed by atoms with Crippen molar-refractivity contribution in [3.05, 3.63) is 42.1 Å². The van der Waals surface area contributed by atoms with Gasteiger partial charge in [-0.05, 0) is 30.9 Å². The van der Waals surface area contributed by atoms with Crippen LogP contribution >= 0.6 is 0 Å². The Morgan fingerprint density at radius 3 is 2.92 bits per heavy atom. The molecule has 3 heterocycles. The third-order valence-electron chi connectivity index (χ3n) is 5.66. The maximum absolute atomic E-state index is 13.1. The number of nitrogens with two attached hydrogens (primary N) is 1. The number of fused-ring (bicyclic) bond motifs is 2. The number of carbonyl (C=O) groups excluding carboxylic acids is 2. The summed E-state index contributed by atoms with van der Waals surface area (Å²) in [7, 11) is 0. The molecule has 1 aromatic carbocycles. The van der Waals surface area contributed by atoms with Crippen molar-refractivity contribution in [3.63, 3.8) is 0 Å². The van der Waals surface area contributed by atoms with Crippen LogP contribution in [0.2, 0.25) is 0 Å². The molecule has 2 atom stereocenters. The van der Waals surface area contributed by atoms with Gasteiger partial charge in [0.05, 0.1) is 11.1 Å². The molecule has 0 aliphatic carbocycles. The number of nitrogens with zero attached hydrogens (tertiary/aromatic N) is 3. The Kier molecular flexibility index (Phi) is 4.59. The second kappa shape index (κ2) is 7.03. The highest BCUT2D eigenvalue weighted by molar-refractivity contribution is 6.05. The van der Waals surface area contributed by atoms with Crippen LogP contribution in [-0.2, 0) is 4.79 Å². The van der Waals surface area contributed by atoms with Crippen LogP contribution in [0.5, 0.6) is 0 Å². The highest BCUT2D eigenvalue weighted by Gasteiger charge is 2.40. The highest BCUT2D eigenvalue weighted by Crippen LogP contribution is 2.32. The molecule has 2 aliphatic rings. The van der Waals surface area contributed by atoms with Crippen LogP contribution in [0.15, 0.2) is 36.5 Å². The Morgan fingerprint density at radius 2 is 2.08 bits per heavy atom. The normalized spacial score (nSPS) is 23.2. The van der Waals surface area contributed by atoms with Gasteiger partial charge < -0.3 is 15.5 Å². The van der Waals surface area contributed by atoms with Gasteiger partial charge >= 0.3 is 0 Å². The van der Waals surface area contributed by atoms with Gasteiger partial charge in [-0.1, -0.05) is 18.2 Å². The summed E-state index contributed by atoms with van der Waals surface area (Å²) >= 11 is 0. The molecule has 6 heteroatoms. The number of rotatable bonds is 3. The zero-order chi connectivity index (χ0) is 18.1. The molecule has 0 spiro atoms. The SMILES string of the molecule is NCCN1C(=O)CCC2CN(C(=O)c3cccc4cccnc34)CCC21. The van der Waals surface area contributed by atoms with Crippen molar-refractivity contribution in [2.75, 3.05) is 26.2 Å². The number of para-hydroxylation sites is 1. The highest BCUT2D eigenvalue weighted by atomic mass is 16.2. The van der Waals surface area contributed by atoms with Crippen molar-refractivity contribution in [2.45, 2.75) is 25.3 Å². The van der Waals surface area contributed by atoms with E-state index < -0.39 is 0 Å². The Hall–Kier alpha value is -2.47. The Labute approximate surface area is 153 Å². The van der Waals surface area contributed by atoms with Crippen LogP contribution in [0.25, 0.3) is 10.9 Å². The minimum absolute atomic E-state index is 0.0371. The molecule has 2 unspecified atom stereocenters. The molecule has 2 saturated heterocycles. The van der Waals surface area contributed by atoms with E-state index in [9.17, 15) is 9.59 Å². The summed E-state index contributed by atoms with van der Waals surface area (Å²) in [5.41, 5.74) is 7.10. The third-order valence-corrected chi connectivity index (χ3v) is 5.66. The quantitative estimate of drug-likeness (QED) is 0.911. The van der Waals surface area contributed by atoms with Crippen LogP contribution in [0.3, 0.4) is 0 Å². The molecule has 6 nitrogen and oxygen atoms in total. The number of piperidine rings is 2. The molecule has 136 valence electrons. The fraction of sp³-hybridized carbons (Fsp3) is 0.450. The topological polar surface area (TPSA) is 79.5 Å². The molecular weight excluding hydrogens is 328 g/mol. The number of likely N-dealkylation sites (tertiary alicyclic amines) is 2. The van der Waals surface area contributed by atoms with Crippen LogP contribution in [-0.4, -0.2) is 58.8 Å². The largest absolute Gasteiger partial charge is 0.338 e. The summed E-state index contributed by atoms with van der Waals surface area (Å²) in [5, 5.41) is 0.977. The van der Waals surface area contributed by atoms with Gasteiger partial charge in [-0.2, -0.15) is 0 Å². The van der Waals surface area contributed by atoms with E-state index in [0.29, 0.717) is 44.1 Å². The lowest BCUT2D eigenvalue weighted by molar-refractivity contribution is -0.140. The summed E-state index contributed by atoms with van der Waals surface area (Å²) in [6, 6.07) is 9.81. The molecule has 0 radical (unpaired) electrons. The maximum atomic E-state index is 13.1. The Bertz CT molecular complexity index is 832. The average molecular weight is 352 g/mol. The summed E-state index contributed by atoms with van der Waals surface area (Å²) in [4.78, 5) is 33.6. The summed E-state index contributed by atoms with van der Waals surface area (Å²) in [5.74, 6) is 0.574. The molecule has 26 heavy (non-hydrogen) atoms. The molecule has 4 rings (SSSR count). The van der Waals surface area contributed by atoms with Crippen LogP contribution in [0, 0.1) is 5.92 Å². The number of amides is 2. The maximum Gasteiger partial charge on any atom is 0.256 e. The first-order chi connectivity index (χ1) is 12.7. The first kappa shape index (κ1) is 17.0. The summed E-state index contributed by atoms with van der Waals surface area (Å²) < 4.78 is 0. The van der Waals surface area contributed by atoms with Gasteiger partial charge in [-0.25, -0.2) is 0 Å². The van der Waals surface area contributed by atoms with E-state index in [-0.39, 0.29) is 17.9 Å². The van der Waals surface area contributed by atoms with E-state index in [4.69, 9.17) is 5.73 Å². The molecule has 0 saturated carbocycles. The van der Waals surface area contributed by atoms with Gasteiger partial charge in [0, 0.05) is 50.2 Å². The lowest BCUT2D eigenvalue weighted by Gasteiger charge is -2.47. The first-order valence-corrected chi connectivity index (χ1v) is 9.31. The lowest BCUT2D eigenvalue weighted by Crippen LogP contribution is -2.57. The van der Waals surface area contributed by atoms with Crippen molar-refractivity contribution in [2.24, 2.45) is 11.7 Å². The van der Waals surface area contributed by atoms with E-state index in [1.54, 1.807) is 6.20 Å². The third kappa shape index (κ3) is 2.94. The minimum atomic E-state index is 0.0371. The van der Waals surface area contributed by atoms with Crippen molar-refractivity contribution < 1.29 is 9.59 Å². The molecular formula is C20H24N4O2. The van der Waals surface area contributed by atoms with Gasteiger partial charge in [-0.3, -0.25) is 14.6 Å². The van der Waals surface area contributed by atoms with E-state index >= 15 is 0 Å². The zero-order valence-corrected chi connectivity index (χ0v) is 14.8. The average Bonchev–Trinajstić information content (AvgIpc) is 2.69. The molecule has 2 amide bonds. The second-order valence-corrected chi connectivity index (χ2v) is 7.16. The second-order valence-electron chi connectivity index (χ2n) is 7.16. The number of hydrogen-bond acceptors (Lipinski definition) is 4. The van der Waals surface area contributed by atoms with Gasteiger partial charge in [-0.15, -0.1) is 0 Å². The molecule has 2 aliphatic heterocycles. The van der Waals surface area contributed by atoms with E-state index in [1.807, 2.05) is 40.1 Å². The minimum Gasteiger partial charge on any atom is -0.338 e.